The summed E-state index contributed by atoms with van der Waals surface area (Å²) >= 11 is 0. The Morgan fingerprint density at radius 2 is 0.695 bits per heavy atom. The first-order chi connectivity index (χ1) is 29.1. The SMILES string of the molecule is CCCCCCCCCCCCC/C=C\CCCCCCCCC(O)C(=O)NC(CO)C(O)/C=C/CC/C=C/CCCCCCCCCCCCCCCCCCCC. The first-order valence-electron chi connectivity index (χ1n) is 26.3. The molecule has 5 heteroatoms. The fourth-order valence-electron chi connectivity index (χ4n) is 8.08. The number of rotatable bonds is 48. The lowest BCUT2D eigenvalue weighted by Gasteiger charge is -2.21. The monoisotopic (exact) mass is 830 g/mol. The standard InChI is InChI=1S/C54H103NO4/c1-3-5-7-9-11-13-15-17-19-21-23-25-26-27-29-30-32-34-36-38-40-42-44-46-48-52(57)51(50-56)55-54(59)53(58)49-47-45-43-41-39-37-35-33-31-28-24-22-20-18-16-14-12-10-8-6-4-2/h31,33,38,40,46,48,51-53,56-58H,3-30,32,34-37,39,41-45,47,49-50H2,1-2H3,(H,55,59)/b33-31-,40-38+,48-46+. The number of hydrogen-bond acceptors (Lipinski definition) is 4. The molecule has 348 valence electrons. The molecule has 0 bridgehead atoms. The maximum Gasteiger partial charge on any atom is 0.249 e. The lowest BCUT2D eigenvalue weighted by atomic mass is 10.0. The van der Waals surface area contributed by atoms with Crippen molar-refractivity contribution in [1.29, 1.82) is 0 Å². The second kappa shape index (κ2) is 49.2. The molecule has 0 aliphatic carbocycles. The van der Waals surface area contributed by atoms with Gasteiger partial charge in [-0.15, -0.1) is 0 Å². The van der Waals surface area contributed by atoms with Crippen LogP contribution in [0.2, 0.25) is 0 Å². The average Bonchev–Trinajstić information content (AvgIpc) is 3.24. The normalized spacial score (nSPS) is 13.6. The number of allylic oxidation sites excluding steroid dienone is 5. The van der Waals surface area contributed by atoms with E-state index in [9.17, 15) is 20.1 Å². The van der Waals surface area contributed by atoms with E-state index in [1.165, 1.54) is 218 Å². The summed E-state index contributed by atoms with van der Waals surface area (Å²) in [4.78, 5) is 12.5. The van der Waals surface area contributed by atoms with Gasteiger partial charge in [0.05, 0.1) is 18.8 Å². The predicted molar refractivity (Wildman–Crippen MR) is 259 cm³/mol. The van der Waals surface area contributed by atoms with Gasteiger partial charge >= 0.3 is 0 Å². The van der Waals surface area contributed by atoms with Gasteiger partial charge in [0, 0.05) is 0 Å². The van der Waals surface area contributed by atoms with Crippen LogP contribution in [0.4, 0.5) is 0 Å². The lowest BCUT2D eigenvalue weighted by Crippen LogP contribution is -2.48. The van der Waals surface area contributed by atoms with Crippen molar-refractivity contribution in [2.45, 2.75) is 295 Å². The van der Waals surface area contributed by atoms with Crippen molar-refractivity contribution < 1.29 is 20.1 Å². The van der Waals surface area contributed by atoms with Gasteiger partial charge in [-0.2, -0.15) is 0 Å². The van der Waals surface area contributed by atoms with Crippen LogP contribution in [0.15, 0.2) is 36.5 Å². The van der Waals surface area contributed by atoms with Crippen LogP contribution in [0.3, 0.4) is 0 Å². The maximum atomic E-state index is 12.5. The van der Waals surface area contributed by atoms with Gasteiger partial charge in [-0.05, 0) is 57.8 Å². The van der Waals surface area contributed by atoms with Gasteiger partial charge in [-0.25, -0.2) is 0 Å². The molecule has 0 saturated carbocycles. The molecule has 1 amide bonds. The maximum absolute atomic E-state index is 12.5. The Labute approximate surface area is 368 Å². The third kappa shape index (κ3) is 44.4. The van der Waals surface area contributed by atoms with Crippen molar-refractivity contribution in [3.63, 3.8) is 0 Å². The van der Waals surface area contributed by atoms with Crippen molar-refractivity contribution >= 4 is 5.91 Å². The Hall–Kier alpha value is -1.43. The first kappa shape index (κ1) is 57.6. The van der Waals surface area contributed by atoms with Crippen molar-refractivity contribution in [1.82, 2.24) is 5.32 Å². The zero-order valence-corrected chi connectivity index (χ0v) is 39.6. The summed E-state index contributed by atoms with van der Waals surface area (Å²) in [6.45, 7) is 4.20. The molecule has 0 aliphatic rings. The fourth-order valence-corrected chi connectivity index (χ4v) is 8.08. The first-order valence-corrected chi connectivity index (χ1v) is 26.3. The van der Waals surface area contributed by atoms with Crippen molar-refractivity contribution in [3.05, 3.63) is 36.5 Å². The number of unbranched alkanes of at least 4 members (excludes halogenated alkanes) is 36. The van der Waals surface area contributed by atoms with Crippen LogP contribution >= 0.6 is 0 Å². The Kier molecular flexibility index (Phi) is 48.0. The highest BCUT2D eigenvalue weighted by Gasteiger charge is 2.22. The minimum atomic E-state index is -1.11. The van der Waals surface area contributed by atoms with E-state index in [1.54, 1.807) is 6.08 Å². The number of aliphatic hydroxyl groups excluding tert-OH is 3. The molecule has 3 unspecified atom stereocenters. The molecule has 0 aromatic carbocycles. The number of hydrogen-bond donors (Lipinski definition) is 4. The molecule has 0 rings (SSSR count). The third-order valence-electron chi connectivity index (χ3n) is 12.2. The molecular weight excluding hydrogens is 727 g/mol. The summed E-state index contributed by atoms with van der Waals surface area (Å²) < 4.78 is 0. The molecule has 0 saturated heterocycles. The van der Waals surface area contributed by atoms with Crippen LogP contribution in [0.5, 0.6) is 0 Å². The van der Waals surface area contributed by atoms with E-state index in [-0.39, 0.29) is 6.61 Å². The number of carbonyl (C=O) groups excluding carboxylic acids is 1. The lowest BCUT2D eigenvalue weighted by molar-refractivity contribution is -0.131. The number of amides is 1. The van der Waals surface area contributed by atoms with E-state index >= 15 is 0 Å². The summed E-state index contributed by atoms with van der Waals surface area (Å²) in [5.41, 5.74) is 0. The molecule has 0 spiro atoms. The van der Waals surface area contributed by atoms with Gasteiger partial charge in [-0.1, -0.05) is 256 Å². The summed E-state index contributed by atoms with van der Waals surface area (Å²) in [6.07, 6.45) is 63.5. The fraction of sp³-hybridized carbons (Fsp3) is 0.870. The molecule has 5 nitrogen and oxygen atoms in total. The molecular formula is C54H103NO4. The summed E-state index contributed by atoms with van der Waals surface area (Å²) in [7, 11) is 0. The zero-order chi connectivity index (χ0) is 43.0. The van der Waals surface area contributed by atoms with Crippen molar-refractivity contribution in [2.75, 3.05) is 6.61 Å². The largest absolute Gasteiger partial charge is 0.394 e. The topological polar surface area (TPSA) is 89.8 Å². The van der Waals surface area contributed by atoms with E-state index in [0.29, 0.717) is 6.42 Å². The highest BCUT2D eigenvalue weighted by atomic mass is 16.3. The molecule has 59 heavy (non-hydrogen) atoms. The Bertz CT molecular complexity index is 916. The van der Waals surface area contributed by atoms with Crippen LogP contribution in [0.1, 0.15) is 277 Å². The highest BCUT2D eigenvalue weighted by Crippen LogP contribution is 2.16. The van der Waals surface area contributed by atoms with Crippen molar-refractivity contribution in [3.8, 4) is 0 Å². The summed E-state index contributed by atoms with van der Waals surface area (Å²) in [5, 5.41) is 33.3. The van der Waals surface area contributed by atoms with E-state index in [4.69, 9.17) is 0 Å². The second-order valence-corrected chi connectivity index (χ2v) is 18.1. The molecule has 3 atom stereocenters. The Morgan fingerprint density at radius 1 is 0.407 bits per heavy atom. The molecule has 0 aromatic rings. The average molecular weight is 830 g/mol. The quantitative estimate of drug-likeness (QED) is 0.0363. The van der Waals surface area contributed by atoms with E-state index < -0.39 is 24.2 Å². The van der Waals surface area contributed by atoms with E-state index in [0.717, 1.165) is 38.5 Å². The predicted octanol–water partition coefficient (Wildman–Crippen LogP) is 15.9. The summed E-state index contributed by atoms with van der Waals surface area (Å²) in [6, 6.07) is -0.817. The zero-order valence-electron chi connectivity index (χ0n) is 39.6. The van der Waals surface area contributed by atoms with Gasteiger partial charge in [0.15, 0.2) is 0 Å². The van der Waals surface area contributed by atoms with Crippen molar-refractivity contribution in [2.24, 2.45) is 0 Å². The minimum Gasteiger partial charge on any atom is -0.394 e. The second-order valence-electron chi connectivity index (χ2n) is 18.1. The molecule has 0 fully saturated rings. The van der Waals surface area contributed by atoms with Gasteiger partial charge in [0.2, 0.25) is 5.91 Å². The summed E-state index contributed by atoms with van der Waals surface area (Å²) in [5.74, 6) is -0.515. The Balaban J connectivity index is 3.65. The molecule has 0 heterocycles. The van der Waals surface area contributed by atoms with Crippen LogP contribution in [0, 0.1) is 0 Å². The van der Waals surface area contributed by atoms with Crippen LogP contribution in [-0.2, 0) is 4.79 Å². The molecule has 0 radical (unpaired) electrons. The highest BCUT2D eigenvalue weighted by molar-refractivity contribution is 5.80. The van der Waals surface area contributed by atoms with Crippen LogP contribution in [0.25, 0.3) is 0 Å². The number of nitrogens with one attached hydrogen (secondary N) is 1. The molecule has 0 aromatic heterocycles. The van der Waals surface area contributed by atoms with E-state index in [2.05, 4.69) is 43.5 Å². The van der Waals surface area contributed by atoms with Gasteiger partial charge < -0.3 is 20.6 Å². The Morgan fingerprint density at radius 3 is 1.03 bits per heavy atom. The number of carbonyl (C=O) groups is 1. The molecule has 0 aliphatic heterocycles. The number of aliphatic hydroxyl groups is 3. The van der Waals surface area contributed by atoms with Gasteiger partial charge in [-0.3, -0.25) is 4.79 Å². The van der Waals surface area contributed by atoms with Crippen LogP contribution in [-0.4, -0.2) is 46.1 Å². The van der Waals surface area contributed by atoms with E-state index in [1.807, 2.05) is 6.08 Å². The third-order valence-corrected chi connectivity index (χ3v) is 12.2. The van der Waals surface area contributed by atoms with Crippen LogP contribution < -0.4 is 5.32 Å². The van der Waals surface area contributed by atoms with Gasteiger partial charge in [0.1, 0.15) is 6.10 Å². The molecule has 4 N–H and O–H groups in total. The van der Waals surface area contributed by atoms with Gasteiger partial charge in [0.25, 0.3) is 0 Å². The smallest absolute Gasteiger partial charge is 0.249 e. The minimum absolute atomic E-state index is 0.377.